The van der Waals surface area contributed by atoms with Gasteiger partial charge in [0.15, 0.2) is 0 Å². The number of carbonyl (C=O) groups is 3. The molecule has 11 heavy (non-hydrogen) atoms. The van der Waals surface area contributed by atoms with Gasteiger partial charge in [-0.05, 0) is 0 Å². The number of aldehydes is 1. The van der Waals surface area contributed by atoms with Gasteiger partial charge in [-0.15, -0.1) is 0 Å². The van der Waals surface area contributed by atoms with Crippen molar-refractivity contribution >= 4 is 18.2 Å². The fourth-order valence-electron chi connectivity index (χ4n) is 0.375. The molecule has 0 aliphatic rings. The molecule has 1 unspecified atom stereocenters. The van der Waals surface area contributed by atoms with Gasteiger partial charge in [-0.25, -0.2) is 0 Å². The van der Waals surface area contributed by atoms with Crippen molar-refractivity contribution in [3.05, 3.63) is 0 Å². The fourth-order valence-corrected chi connectivity index (χ4v) is 0.375. The van der Waals surface area contributed by atoms with Crippen molar-refractivity contribution in [1.82, 2.24) is 0 Å². The van der Waals surface area contributed by atoms with Crippen LogP contribution >= 0.6 is 0 Å². The molecule has 0 heterocycles. The van der Waals surface area contributed by atoms with E-state index in [9.17, 15) is 19.5 Å². The summed E-state index contributed by atoms with van der Waals surface area (Å²) >= 11 is 0. The monoisotopic (exact) mass is 184 g/mol. The summed E-state index contributed by atoms with van der Waals surface area (Å²) in [5.41, 5.74) is 0. The summed E-state index contributed by atoms with van der Waals surface area (Å²) in [5.74, 6) is -4.52. The van der Waals surface area contributed by atoms with Crippen molar-refractivity contribution in [3.8, 4) is 0 Å². The van der Waals surface area contributed by atoms with Gasteiger partial charge in [-0.1, -0.05) is 0 Å². The summed E-state index contributed by atoms with van der Waals surface area (Å²) in [5, 5.41) is 17.9. The SMILES string of the molecule is O=CC(CC(=O)O)C(=O)[O-].[K+]. The van der Waals surface area contributed by atoms with Crippen molar-refractivity contribution in [1.29, 1.82) is 0 Å². The molecule has 1 N–H and O–H groups in total. The average molecular weight is 184 g/mol. The van der Waals surface area contributed by atoms with E-state index in [1.165, 1.54) is 0 Å². The Morgan fingerprint density at radius 3 is 2.09 bits per heavy atom. The first-order valence-electron chi connectivity index (χ1n) is 2.46. The summed E-state index contributed by atoms with van der Waals surface area (Å²) in [7, 11) is 0. The summed E-state index contributed by atoms with van der Waals surface area (Å²) in [6.07, 6.45) is -0.671. The molecule has 0 rings (SSSR count). The zero-order chi connectivity index (χ0) is 8.15. The molecule has 56 valence electrons. The normalized spacial score (nSPS) is 10.9. The second-order valence-electron chi connectivity index (χ2n) is 1.66. The van der Waals surface area contributed by atoms with Gasteiger partial charge >= 0.3 is 57.4 Å². The van der Waals surface area contributed by atoms with E-state index in [4.69, 9.17) is 5.11 Å². The molecular formula is C5H5KO5. The van der Waals surface area contributed by atoms with Gasteiger partial charge < -0.3 is 19.8 Å². The zero-order valence-electron chi connectivity index (χ0n) is 5.94. The Hall–Kier alpha value is 0.246. The third-order valence-corrected chi connectivity index (χ3v) is 0.862. The summed E-state index contributed by atoms with van der Waals surface area (Å²) in [4.78, 5) is 29.5. The van der Waals surface area contributed by atoms with Gasteiger partial charge in [-0.2, -0.15) is 0 Å². The average Bonchev–Trinajstić information content (AvgIpc) is 1.81. The maximum atomic E-state index is 9.86. The van der Waals surface area contributed by atoms with Gasteiger partial charge in [0.1, 0.15) is 6.29 Å². The van der Waals surface area contributed by atoms with E-state index >= 15 is 0 Å². The number of aliphatic carboxylic acids is 2. The predicted molar refractivity (Wildman–Crippen MR) is 26.8 cm³/mol. The molecule has 0 aromatic carbocycles. The number of rotatable bonds is 4. The first-order chi connectivity index (χ1) is 4.57. The molecule has 0 aliphatic heterocycles. The zero-order valence-corrected chi connectivity index (χ0v) is 9.07. The molecule has 0 radical (unpaired) electrons. The molecule has 1 atom stereocenters. The molecule has 0 saturated carbocycles. The number of hydrogen-bond acceptors (Lipinski definition) is 4. The molecule has 0 bridgehead atoms. The minimum atomic E-state index is -1.66. The van der Waals surface area contributed by atoms with E-state index in [1.807, 2.05) is 0 Å². The van der Waals surface area contributed by atoms with E-state index in [1.54, 1.807) is 0 Å². The van der Waals surface area contributed by atoms with E-state index in [0.29, 0.717) is 0 Å². The number of carboxylic acids is 2. The van der Waals surface area contributed by atoms with Crippen molar-refractivity contribution < 1.29 is 76.0 Å². The van der Waals surface area contributed by atoms with Crippen LogP contribution in [0.5, 0.6) is 0 Å². The van der Waals surface area contributed by atoms with E-state index in [2.05, 4.69) is 0 Å². The minimum Gasteiger partial charge on any atom is -0.549 e. The Balaban J connectivity index is 0. The summed E-state index contributed by atoms with van der Waals surface area (Å²) in [6, 6.07) is 0. The molecule has 0 saturated heterocycles. The van der Waals surface area contributed by atoms with Crippen LogP contribution < -0.4 is 56.5 Å². The van der Waals surface area contributed by atoms with Crippen LogP contribution in [0.15, 0.2) is 0 Å². The third-order valence-electron chi connectivity index (χ3n) is 0.862. The number of carbonyl (C=O) groups excluding carboxylic acids is 2. The van der Waals surface area contributed by atoms with Crippen LogP contribution in [-0.4, -0.2) is 23.3 Å². The van der Waals surface area contributed by atoms with Crippen molar-refractivity contribution in [2.24, 2.45) is 5.92 Å². The van der Waals surface area contributed by atoms with Crippen LogP contribution in [0.25, 0.3) is 0 Å². The first-order valence-corrected chi connectivity index (χ1v) is 2.46. The Labute approximate surface area is 105 Å². The Morgan fingerprint density at radius 2 is 2.00 bits per heavy atom. The second-order valence-corrected chi connectivity index (χ2v) is 1.66. The molecule has 0 aromatic heterocycles. The minimum absolute atomic E-state index is 0. The smallest absolute Gasteiger partial charge is 0.549 e. The second kappa shape index (κ2) is 6.93. The van der Waals surface area contributed by atoms with Crippen LogP contribution in [-0.2, 0) is 14.4 Å². The van der Waals surface area contributed by atoms with Gasteiger partial charge in [0.05, 0.1) is 18.3 Å². The Kier molecular flexibility index (Phi) is 8.70. The summed E-state index contributed by atoms with van der Waals surface area (Å²) in [6.45, 7) is 0. The van der Waals surface area contributed by atoms with Crippen molar-refractivity contribution in [2.45, 2.75) is 6.42 Å². The van der Waals surface area contributed by atoms with Crippen molar-refractivity contribution in [3.63, 3.8) is 0 Å². The van der Waals surface area contributed by atoms with Gasteiger partial charge in [0.2, 0.25) is 0 Å². The maximum absolute atomic E-state index is 9.86. The van der Waals surface area contributed by atoms with Crippen LogP contribution in [0.1, 0.15) is 6.42 Å². The first kappa shape index (κ1) is 13.8. The molecule has 6 heteroatoms. The molecule has 5 nitrogen and oxygen atoms in total. The van der Waals surface area contributed by atoms with Crippen LogP contribution in [0.4, 0.5) is 0 Å². The maximum Gasteiger partial charge on any atom is 1.00 e. The van der Waals surface area contributed by atoms with Crippen LogP contribution in [0.2, 0.25) is 0 Å². The van der Waals surface area contributed by atoms with Crippen molar-refractivity contribution in [2.75, 3.05) is 0 Å². The standard InChI is InChI=1S/C5H6O5.K/c6-2-3(5(9)10)1-4(7)8;/h2-3H,1H2,(H,7,8)(H,9,10);/q;+1/p-1. The predicted octanol–water partition coefficient (Wildman–Crippen LogP) is -4.97. The molecule has 0 amide bonds. The number of carboxylic acid groups (broad SMARTS) is 2. The quantitative estimate of drug-likeness (QED) is 0.268. The molecule has 0 spiro atoms. The third kappa shape index (κ3) is 6.64. The molecule has 0 aromatic rings. The Morgan fingerprint density at radius 1 is 1.55 bits per heavy atom. The molecule has 0 fully saturated rings. The topological polar surface area (TPSA) is 94.5 Å². The Bertz CT molecular complexity index is 166. The van der Waals surface area contributed by atoms with Crippen LogP contribution in [0, 0.1) is 5.92 Å². The van der Waals surface area contributed by atoms with Crippen LogP contribution in [0.3, 0.4) is 0 Å². The van der Waals surface area contributed by atoms with Gasteiger partial charge in [0.25, 0.3) is 0 Å². The largest absolute Gasteiger partial charge is 1.00 e. The fraction of sp³-hybridized carbons (Fsp3) is 0.400. The molecule has 0 aliphatic carbocycles. The van der Waals surface area contributed by atoms with E-state index < -0.39 is 24.3 Å². The van der Waals surface area contributed by atoms with Gasteiger partial charge in [-0.3, -0.25) is 4.79 Å². The van der Waals surface area contributed by atoms with Gasteiger partial charge in [0, 0.05) is 0 Å². The molecular weight excluding hydrogens is 179 g/mol. The number of hydrogen-bond donors (Lipinski definition) is 1. The summed E-state index contributed by atoms with van der Waals surface area (Å²) < 4.78 is 0. The van der Waals surface area contributed by atoms with E-state index in [-0.39, 0.29) is 57.7 Å². The van der Waals surface area contributed by atoms with E-state index in [0.717, 1.165) is 0 Å².